The maximum absolute atomic E-state index is 12.4. The number of furan rings is 1. The number of hydrogen-bond donors (Lipinski definition) is 0. The van der Waals surface area contributed by atoms with Crippen LogP contribution in [0.4, 0.5) is 0 Å². The first-order chi connectivity index (χ1) is 9.74. The van der Waals surface area contributed by atoms with Crippen LogP contribution >= 0.6 is 24.0 Å². The number of nitrogens with zero attached hydrogens (tertiary/aromatic N) is 2. The van der Waals surface area contributed by atoms with Crippen molar-refractivity contribution in [1.82, 2.24) is 9.80 Å². The van der Waals surface area contributed by atoms with Crippen molar-refractivity contribution < 1.29 is 13.9 Å². The number of carbonyl (C=O) groups excluding carboxylic acids is 1. The van der Waals surface area contributed by atoms with Crippen LogP contribution in [0, 0.1) is 0 Å². The van der Waals surface area contributed by atoms with Crippen LogP contribution in [0.25, 0.3) is 0 Å². The topological polar surface area (TPSA) is 45.9 Å². The van der Waals surface area contributed by atoms with Crippen molar-refractivity contribution >= 4 is 34.2 Å². The van der Waals surface area contributed by atoms with Gasteiger partial charge < -0.3 is 14.1 Å². The second kappa shape index (κ2) is 5.99. The van der Waals surface area contributed by atoms with Crippen LogP contribution in [0.5, 0.6) is 0 Å². The number of carbonyl (C=O) groups is 1. The molecule has 2 aliphatic rings. The molecule has 20 heavy (non-hydrogen) atoms. The SMILES string of the molecule is O=C1/C(=C/N2CCOCC2)SC(=S)N1Cc1ccco1. The molecule has 5 nitrogen and oxygen atoms in total. The first-order valence-electron chi connectivity index (χ1n) is 6.34. The number of hydrogen-bond acceptors (Lipinski definition) is 6. The van der Waals surface area contributed by atoms with E-state index in [-0.39, 0.29) is 5.91 Å². The lowest BCUT2D eigenvalue weighted by molar-refractivity contribution is -0.122. The Balaban J connectivity index is 1.71. The van der Waals surface area contributed by atoms with Crippen molar-refractivity contribution in [2.24, 2.45) is 0 Å². The summed E-state index contributed by atoms with van der Waals surface area (Å²) in [6, 6.07) is 3.64. The van der Waals surface area contributed by atoms with Gasteiger partial charge in [-0.2, -0.15) is 0 Å². The van der Waals surface area contributed by atoms with Crippen molar-refractivity contribution in [2.75, 3.05) is 26.3 Å². The minimum Gasteiger partial charge on any atom is -0.467 e. The third-order valence-corrected chi connectivity index (χ3v) is 4.48. The van der Waals surface area contributed by atoms with Crippen LogP contribution in [0.2, 0.25) is 0 Å². The summed E-state index contributed by atoms with van der Waals surface area (Å²) < 4.78 is 11.1. The molecule has 106 valence electrons. The molecular weight excluding hydrogens is 296 g/mol. The van der Waals surface area contributed by atoms with Crippen molar-refractivity contribution in [3.05, 3.63) is 35.3 Å². The maximum Gasteiger partial charge on any atom is 0.268 e. The molecule has 2 fully saturated rings. The number of rotatable bonds is 3. The van der Waals surface area contributed by atoms with Gasteiger partial charge >= 0.3 is 0 Å². The zero-order valence-corrected chi connectivity index (χ0v) is 12.4. The number of ether oxygens (including phenoxy) is 1. The summed E-state index contributed by atoms with van der Waals surface area (Å²) in [6.45, 7) is 3.40. The van der Waals surface area contributed by atoms with E-state index in [9.17, 15) is 4.79 Å². The summed E-state index contributed by atoms with van der Waals surface area (Å²) in [7, 11) is 0. The molecule has 2 saturated heterocycles. The number of thiocarbonyl (C=S) groups is 1. The average molecular weight is 310 g/mol. The average Bonchev–Trinajstić information content (AvgIpc) is 3.05. The fraction of sp³-hybridized carbons (Fsp3) is 0.385. The summed E-state index contributed by atoms with van der Waals surface area (Å²) in [5.41, 5.74) is 0. The first-order valence-corrected chi connectivity index (χ1v) is 7.56. The molecule has 0 saturated carbocycles. The Morgan fingerprint density at radius 2 is 2.20 bits per heavy atom. The van der Waals surface area contributed by atoms with Crippen molar-refractivity contribution in [2.45, 2.75) is 6.54 Å². The highest BCUT2D eigenvalue weighted by atomic mass is 32.2. The Kier molecular flexibility index (Phi) is 4.09. The molecule has 3 heterocycles. The van der Waals surface area contributed by atoms with Gasteiger partial charge in [-0.05, 0) is 12.1 Å². The maximum atomic E-state index is 12.4. The lowest BCUT2D eigenvalue weighted by atomic mass is 10.4. The van der Waals surface area contributed by atoms with Gasteiger partial charge in [-0.25, -0.2) is 0 Å². The van der Waals surface area contributed by atoms with Crippen molar-refractivity contribution in [1.29, 1.82) is 0 Å². The Morgan fingerprint density at radius 1 is 1.40 bits per heavy atom. The fourth-order valence-electron chi connectivity index (χ4n) is 2.06. The van der Waals surface area contributed by atoms with E-state index in [1.807, 2.05) is 12.3 Å². The lowest BCUT2D eigenvalue weighted by Gasteiger charge is -2.25. The molecule has 1 aromatic heterocycles. The molecule has 0 bridgehead atoms. The van der Waals surface area contributed by atoms with Crippen LogP contribution in [0.15, 0.2) is 33.9 Å². The van der Waals surface area contributed by atoms with E-state index in [0.29, 0.717) is 29.0 Å². The van der Waals surface area contributed by atoms with Gasteiger partial charge in [0.25, 0.3) is 5.91 Å². The molecule has 0 aromatic carbocycles. The van der Waals surface area contributed by atoms with E-state index >= 15 is 0 Å². The Morgan fingerprint density at radius 3 is 2.90 bits per heavy atom. The molecule has 0 N–H and O–H groups in total. The van der Waals surface area contributed by atoms with E-state index in [2.05, 4.69) is 4.90 Å². The normalized spacial score (nSPS) is 22.1. The molecule has 0 atom stereocenters. The molecule has 0 spiro atoms. The van der Waals surface area contributed by atoms with Gasteiger partial charge in [0.15, 0.2) is 0 Å². The Labute approximate surface area is 126 Å². The summed E-state index contributed by atoms with van der Waals surface area (Å²) in [5, 5.41) is 0. The molecule has 1 amide bonds. The summed E-state index contributed by atoms with van der Waals surface area (Å²) >= 11 is 6.62. The predicted molar refractivity (Wildman–Crippen MR) is 79.9 cm³/mol. The smallest absolute Gasteiger partial charge is 0.268 e. The first kappa shape index (κ1) is 13.7. The third kappa shape index (κ3) is 2.89. The zero-order chi connectivity index (χ0) is 13.9. The van der Waals surface area contributed by atoms with Crippen LogP contribution in [-0.4, -0.2) is 46.3 Å². The molecule has 7 heteroatoms. The van der Waals surface area contributed by atoms with Crippen LogP contribution in [-0.2, 0) is 16.1 Å². The largest absolute Gasteiger partial charge is 0.467 e. The monoisotopic (exact) mass is 310 g/mol. The molecule has 0 unspecified atom stereocenters. The number of thioether (sulfide) groups is 1. The highest BCUT2D eigenvalue weighted by Gasteiger charge is 2.33. The Hall–Kier alpha value is -1.31. The van der Waals surface area contributed by atoms with Gasteiger partial charge in [0.2, 0.25) is 0 Å². The van der Waals surface area contributed by atoms with E-state index in [1.165, 1.54) is 11.8 Å². The van der Waals surface area contributed by atoms with Gasteiger partial charge in [-0.15, -0.1) is 0 Å². The summed E-state index contributed by atoms with van der Waals surface area (Å²) in [6.07, 6.45) is 3.49. The van der Waals surface area contributed by atoms with Gasteiger partial charge in [0.1, 0.15) is 10.1 Å². The molecule has 0 aliphatic carbocycles. The molecule has 1 aromatic rings. The van der Waals surface area contributed by atoms with E-state index in [4.69, 9.17) is 21.4 Å². The highest BCUT2D eigenvalue weighted by molar-refractivity contribution is 8.26. The van der Waals surface area contributed by atoms with Crippen LogP contribution < -0.4 is 0 Å². The van der Waals surface area contributed by atoms with Crippen molar-refractivity contribution in [3.63, 3.8) is 0 Å². The highest BCUT2D eigenvalue weighted by Crippen LogP contribution is 2.32. The molecule has 2 aliphatic heterocycles. The molecule has 0 radical (unpaired) electrons. The van der Waals surface area contributed by atoms with Crippen LogP contribution in [0.1, 0.15) is 5.76 Å². The molecule has 3 rings (SSSR count). The Bertz CT molecular complexity index is 536. The number of morpholine rings is 1. The van der Waals surface area contributed by atoms with E-state index in [1.54, 1.807) is 17.2 Å². The van der Waals surface area contributed by atoms with Gasteiger partial charge in [-0.3, -0.25) is 9.69 Å². The lowest BCUT2D eigenvalue weighted by Crippen LogP contribution is -2.33. The summed E-state index contributed by atoms with van der Waals surface area (Å²) in [4.78, 5) is 16.7. The van der Waals surface area contributed by atoms with Gasteiger partial charge in [-0.1, -0.05) is 24.0 Å². The van der Waals surface area contributed by atoms with Gasteiger partial charge in [0.05, 0.1) is 30.9 Å². The standard InChI is InChI=1S/C13H14N2O3S2/c16-12-11(9-14-3-6-17-7-4-14)20-13(19)15(12)8-10-2-1-5-18-10/h1-2,5,9H,3-4,6-8H2/b11-9-. The third-order valence-electron chi connectivity index (χ3n) is 3.11. The quantitative estimate of drug-likeness (QED) is 0.627. The minimum absolute atomic E-state index is 0.0529. The molecular formula is C13H14N2O3S2. The minimum atomic E-state index is -0.0529. The predicted octanol–water partition coefficient (Wildman–Crippen LogP) is 1.81. The second-order valence-corrected chi connectivity index (χ2v) is 6.16. The number of amides is 1. The summed E-state index contributed by atoms with van der Waals surface area (Å²) in [5.74, 6) is 0.678. The van der Waals surface area contributed by atoms with E-state index in [0.717, 1.165) is 18.8 Å². The zero-order valence-electron chi connectivity index (χ0n) is 10.8. The second-order valence-electron chi connectivity index (χ2n) is 4.48. The van der Waals surface area contributed by atoms with Crippen molar-refractivity contribution in [3.8, 4) is 0 Å². The van der Waals surface area contributed by atoms with Gasteiger partial charge in [0, 0.05) is 19.3 Å². The fourth-order valence-corrected chi connectivity index (χ4v) is 3.32. The van der Waals surface area contributed by atoms with Crippen LogP contribution in [0.3, 0.4) is 0 Å². The van der Waals surface area contributed by atoms with E-state index < -0.39 is 0 Å².